The second-order valence-corrected chi connectivity index (χ2v) is 5.44. The number of nitrogens with zero attached hydrogens (tertiary/aromatic N) is 2. The minimum atomic E-state index is -0.442. The van der Waals surface area contributed by atoms with Crippen LogP contribution in [0.2, 0.25) is 0 Å². The number of halogens is 1. The predicted octanol–water partition coefficient (Wildman–Crippen LogP) is 3.63. The molecule has 0 aliphatic heterocycles. The fraction of sp³-hybridized carbons (Fsp3) is 0.105. The summed E-state index contributed by atoms with van der Waals surface area (Å²) in [6, 6.07) is 10.8. The average Bonchev–Trinajstić information content (AvgIpc) is 2.70. The van der Waals surface area contributed by atoms with Crippen LogP contribution in [0.25, 0.3) is 0 Å². The number of methoxy groups -OCH3 is 2. The smallest absolute Gasteiger partial charge is 0.275 e. The summed E-state index contributed by atoms with van der Waals surface area (Å²) in [5, 5.41) is 5.69. The summed E-state index contributed by atoms with van der Waals surface area (Å²) in [5.41, 5.74) is 1.27. The van der Waals surface area contributed by atoms with Crippen molar-refractivity contribution in [1.82, 2.24) is 9.97 Å². The lowest BCUT2D eigenvalue weighted by Crippen LogP contribution is -2.14. The van der Waals surface area contributed by atoms with Crippen molar-refractivity contribution in [1.29, 1.82) is 0 Å². The number of amides is 1. The Morgan fingerprint density at radius 3 is 2.41 bits per heavy atom. The van der Waals surface area contributed by atoms with E-state index in [9.17, 15) is 9.18 Å². The SMILES string of the molecule is COc1ccc(Nc2cnc(C(=O)Nc3ccc(F)cc3)cn2)c(OC)c1. The zero-order chi connectivity index (χ0) is 19.2. The quantitative estimate of drug-likeness (QED) is 0.691. The molecule has 0 saturated heterocycles. The van der Waals surface area contributed by atoms with Crippen molar-refractivity contribution in [3.63, 3.8) is 0 Å². The van der Waals surface area contributed by atoms with Crippen LogP contribution in [-0.2, 0) is 0 Å². The number of hydrogen-bond acceptors (Lipinski definition) is 6. The second-order valence-electron chi connectivity index (χ2n) is 5.44. The van der Waals surface area contributed by atoms with Crippen LogP contribution in [-0.4, -0.2) is 30.1 Å². The van der Waals surface area contributed by atoms with Gasteiger partial charge in [-0.3, -0.25) is 4.79 Å². The maximum Gasteiger partial charge on any atom is 0.275 e. The highest BCUT2D eigenvalue weighted by Crippen LogP contribution is 2.30. The van der Waals surface area contributed by atoms with Gasteiger partial charge in [0.05, 0.1) is 32.3 Å². The van der Waals surface area contributed by atoms with Crippen molar-refractivity contribution < 1.29 is 18.7 Å². The molecule has 27 heavy (non-hydrogen) atoms. The van der Waals surface area contributed by atoms with Crippen molar-refractivity contribution in [3.05, 3.63) is 66.4 Å². The summed E-state index contributed by atoms with van der Waals surface area (Å²) in [4.78, 5) is 20.5. The Hall–Kier alpha value is -3.68. The summed E-state index contributed by atoms with van der Waals surface area (Å²) in [7, 11) is 3.12. The van der Waals surface area contributed by atoms with Gasteiger partial charge in [0.2, 0.25) is 0 Å². The van der Waals surface area contributed by atoms with E-state index in [-0.39, 0.29) is 11.5 Å². The van der Waals surface area contributed by atoms with E-state index in [1.807, 2.05) is 0 Å². The Bertz CT molecular complexity index is 931. The van der Waals surface area contributed by atoms with Crippen molar-refractivity contribution >= 4 is 23.1 Å². The molecule has 138 valence electrons. The molecule has 0 spiro atoms. The zero-order valence-corrected chi connectivity index (χ0v) is 14.7. The summed E-state index contributed by atoms with van der Waals surface area (Å²) in [6.45, 7) is 0. The molecule has 1 heterocycles. The molecule has 2 aromatic carbocycles. The lowest BCUT2D eigenvalue weighted by molar-refractivity contribution is 0.102. The van der Waals surface area contributed by atoms with Crippen molar-refractivity contribution in [2.24, 2.45) is 0 Å². The molecule has 2 N–H and O–H groups in total. The molecule has 3 aromatic rings. The normalized spacial score (nSPS) is 10.2. The summed E-state index contributed by atoms with van der Waals surface area (Å²) >= 11 is 0. The number of hydrogen-bond donors (Lipinski definition) is 2. The van der Waals surface area contributed by atoms with Crippen LogP contribution in [0.5, 0.6) is 11.5 Å². The highest BCUT2D eigenvalue weighted by molar-refractivity contribution is 6.02. The number of carbonyl (C=O) groups is 1. The van der Waals surface area contributed by atoms with Crippen LogP contribution in [0.4, 0.5) is 21.6 Å². The molecule has 7 nitrogen and oxygen atoms in total. The van der Waals surface area contributed by atoms with Gasteiger partial charge in [0.25, 0.3) is 5.91 Å². The summed E-state index contributed by atoms with van der Waals surface area (Å²) in [5.74, 6) is 0.863. The van der Waals surface area contributed by atoms with Gasteiger partial charge >= 0.3 is 0 Å². The van der Waals surface area contributed by atoms with Gasteiger partial charge in [-0.25, -0.2) is 14.4 Å². The fourth-order valence-electron chi connectivity index (χ4n) is 2.28. The molecular weight excluding hydrogens is 351 g/mol. The molecular formula is C19H17FN4O3. The van der Waals surface area contributed by atoms with Gasteiger partial charge in [0.15, 0.2) is 0 Å². The molecule has 1 aromatic heterocycles. The summed E-state index contributed by atoms with van der Waals surface area (Å²) in [6.07, 6.45) is 2.78. The van der Waals surface area contributed by atoms with Crippen LogP contribution in [0.1, 0.15) is 10.5 Å². The molecule has 1 amide bonds. The number of anilines is 3. The van der Waals surface area contributed by atoms with Gasteiger partial charge < -0.3 is 20.1 Å². The van der Waals surface area contributed by atoms with Gasteiger partial charge in [0, 0.05) is 11.8 Å². The topological polar surface area (TPSA) is 85.4 Å². The Labute approximate surface area is 155 Å². The average molecular weight is 368 g/mol. The van der Waals surface area contributed by atoms with Gasteiger partial charge in [-0.2, -0.15) is 0 Å². The molecule has 0 aliphatic rings. The number of ether oxygens (including phenoxy) is 2. The molecule has 0 radical (unpaired) electrons. The Morgan fingerprint density at radius 1 is 1.00 bits per heavy atom. The third-order valence-electron chi connectivity index (χ3n) is 3.66. The van der Waals surface area contributed by atoms with Crippen molar-refractivity contribution in [3.8, 4) is 11.5 Å². The van der Waals surface area contributed by atoms with Crippen molar-refractivity contribution in [2.45, 2.75) is 0 Å². The van der Waals surface area contributed by atoms with Gasteiger partial charge in [-0.15, -0.1) is 0 Å². The molecule has 0 unspecified atom stereocenters. The Morgan fingerprint density at radius 2 is 1.78 bits per heavy atom. The highest BCUT2D eigenvalue weighted by Gasteiger charge is 2.10. The lowest BCUT2D eigenvalue weighted by atomic mass is 10.2. The number of rotatable bonds is 6. The molecule has 3 rings (SSSR count). The van der Waals surface area contributed by atoms with E-state index in [0.29, 0.717) is 28.7 Å². The number of aromatic nitrogens is 2. The van der Waals surface area contributed by atoms with Gasteiger partial charge in [-0.1, -0.05) is 0 Å². The standard InChI is InChI=1S/C19H17FN4O3/c1-26-14-7-8-15(17(9-14)27-2)24-18-11-21-16(10-22-18)19(25)23-13-5-3-12(20)4-6-13/h3-11H,1-2H3,(H,22,24)(H,23,25). The zero-order valence-electron chi connectivity index (χ0n) is 14.7. The molecule has 0 fully saturated rings. The predicted molar refractivity (Wildman–Crippen MR) is 99.2 cm³/mol. The third-order valence-corrected chi connectivity index (χ3v) is 3.66. The van der Waals surface area contributed by atoms with Gasteiger partial charge in [-0.05, 0) is 36.4 Å². The molecule has 8 heteroatoms. The van der Waals surface area contributed by atoms with Crippen LogP contribution in [0, 0.1) is 5.82 Å². The third kappa shape index (κ3) is 4.49. The second kappa shape index (κ2) is 8.13. The highest BCUT2D eigenvalue weighted by atomic mass is 19.1. The molecule has 0 aliphatic carbocycles. The molecule has 0 atom stereocenters. The monoisotopic (exact) mass is 368 g/mol. The first-order valence-corrected chi connectivity index (χ1v) is 7.97. The first-order valence-electron chi connectivity index (χ1n) is 7.97. The molecule has 0 saturated carbocycles. The first kappa shape index (κ1) is 18.1. The first-order chi connectivity index (χ1) is 13.1. The number of nitrogens with one attached hydrogen (secondary N) is 2. The van der Waals surface area contributed by atoms with Crippen LogP contribution < -0.4 is 20.1 Å². The fourth-order valence-corrected chi connectivity index (χ4v) is 2.28. The largest absolute Gasteiger partial charge is 0.497 e. The minimum absolute atomic E-state index is 0.131. The Kier molecular flexibility index (Phi) is 5.46. The van der Waals surface area contributed by atoms with Crippen molar-refractivity contribution in [2.75, 3.05) is 24.9 Å². The number of benzene rings is 2. The van der Waals surface area contributed by atoms with Crippen LogP contribution >= 0.6 is 0 Å². The van der Waals surface area contributed by atoms with Crippen LogP contribution in [0.3, 0.4) is 0 Å². The van der Waals surface area contributed by atoms with E-state index in [4.69, 9.17) is 9.47 Å². The molecule has 0 bridgehead atoms. The van der Waals surface area contributed by atoms with E-state index in [0.717, 1.165) is 0 Å². The van der Waals surface area contributed by atoms with E-state index in [1.165, 1.54) is 36.7 Å². The Balaban J connectivity index is 1.70. The van der Waals surface area contributed by atoms with Gasteiger partial charge in [0.1, 0.15) is 28.8 Å². The maximum atomic E-state index is 12.9. The van der Waals surface area contributed by atoms with Crippen LogP contribution in [0.15, 0.2) is 54.9 Å². The van der Waals surface area contributed by atoms with E-state index < -0.39 is 5.91 Å². The minimum Gasteiger partial charge on any atom is -0.497 e. The van der Waals surface area contributed by atoms with E-state index in [1.54, 1.807) is 32.4 Å². The lowest BCUT2D eigenvalue weighted by Gasteiger charge is -2.12. The van der Waals surface area contributed by atoms with E-state index >= 15 is 0 Å². The van der Waals surface area contributed by atoms with E-state index in [2.05, 4.69) is 20.6 Å². The number of carbonyl (C=O) groups excluding carboxylic acids is 1. The maximum absolute atomic E-state index is 12.9. The summed E-state index contributed by atoms with van der Waals surface area (Å²) < 4.78 is 23.4.